The molecule has 1 aromatic heterocycles. The Balaban J connectivity index is 2.19. The van der Waals surface area contributed by atoms with Crippen LogP contribution in [0, 0.1) is 0 Å². The van der Waals surface area contributed by atoms with Crippen LogP contribution < -0.4 is 5.32 Å². The molecule has 0 saturated heterocycles. The number of hydrogen-bond donors (Lipinski definition) is 1. The summed E-state index contributed by atoms with van der Waals surface area (Å²) in [6, 6.07) is 1.56. The summed E-state index contributed by atoms with van der Waals surface area (Å²) in [7, 11) is 1.54. The van der Waals surface area contributed by atoms with Gasteiger partial charge in [0, 0.05) is 32.2 Å². The van der Waals surface area contributed by atoms with Crippen molar-refractivity contribution < 1.29 is 18.8 Å². The highest BCUT2D eigenvalue weighted by Crippen LogP contribution is 2.04. The number of nitrogens with zero attached hydrogens (tertiary/aromatic N) is 1. The Labute approximate surface area is 111 Å². The van der Waals surface area contributed by atoms with E-state index in [9.17, 15) is 4.79 Å². The van der Waals surface area contributed by atoms with Crippen LogP contribution >= 0.6 is 11.6 Å². The van der Waals surface area contributed by atoms with E-state index in [0.717, 1.165) is 6.42 Å². The Morgan fingerprint density at radius 2 is 2.39 bits per heavy atom. The molecule has 0 aliphatic rings. The maximum atomic E-state index is 11.6. The minimum absolute atomic E-state index is 0.253. The molecule has 0 spiro atoms. The summed E-state index contributed by atoms with van der Waals surface area (Å²) >= 11 is 5.45. The molecule has 0 saturated carbocycles. The topological polar surface area (TPSA) is 73.6 Å². The number of carbonyl (C=O) groups excluding carboxylic acids is 1. The highest BCUT2D eigenvalue weighted by molar-refractivity contribution is 6.17. The molecule has 1 amide bonds. The molecule has 18 heavy (non-hydrogen) atoms. The van der Waals surface area contributed by atoms with Gasteiger partial charge in [-0.15, -0.1) is 11.6 Å². The average Bonchev–Trinajstić information content (AvgIpc) is 2.82. The van der Waals surface area contributed by atoms with Crippen LogP contribution in [0.2, 0.25) is 0 Å². The number of methoxy groups -OCH3 is 1. The lowest BCUT2D eigenvalue weighted by molar-refractivity contribution is 0.0934. The second-order valence-electron chi connectivity index (χ2n) is 3.52. The Morgan fingerprint density at radius 3 is 3.11 bits per heavy atom. The Kier molecular flexibility index (Phi) is 7.40. The molecule has 102 valence electrons. The van der Waals surface area contributed by atoms with Gasteiger partial charge in [-0.25, -0.2) is 0 Å². The van der Waals surface area contributed by atoms with E-state index in [1.54, 1.807) is 13.2 Å². The van der Waals surface area contributed by atoms with Gasteiger partial charge in [0.15, 0.2) is 11.5 Å². The predicted octanol–water partition coefficient (Wildman–Crippen LogP) is 1.20. The molecule has 6 nitrogen and oxygen atoms in total. The predicted molar refractivity (Wildman–Crippen MR) is 65.7 cm³/mol. The molecule has 0 aliphatic heterocycles. The molecule has 1 rings (SSSR count). The van der Waals surface area contributed by atoms with Crippen molar-refractivity contribution in [2.24, 2.45) is 0 Å². The lowest BCUT2D eigenvalue weighted by Gasteiger charge is -2.03. The zero-order valence-corrected chi connectivity index (χ0v) is 11.0. The lowest BCUT2D eigenvalue weighted by atomic mass is 10.3. The van der Waals surface area contributed by atoms with Crippen molar-refractivity contribution in [1.82, 2.24) is 10.5 Å². The summed E-state index contributed by atoms with van der Waals surface area (Å²) in [5.41, 5.74) is 0.253. The minimum Gasteiger partial charge on any atom is -0.380 e. The number of carbonyl (C=O) groups is 1. The first-order chi connectivity index (χ1) is 8.77. The summed E-state index contributed by atoms with van der Waals surface area (Å²) in [6.07, 6.45) is 0.728. The van der Waals surface area contributed by atoms with Crippen molar-refractivity contribution in [3.63, 3.8) is 0 Å². The van der Waals surface area contributed by atoms with Crippen molar-refractivity contribution in [1.29, 1.82) is 0 Å². The Bertz CT molecular complexity index is 357. The number of nitrogens with one attached hydrogen (secondary N) is 1. The van der Waals surface area contributed by atoms with Gasteiger partial charge in [0.25, 0.3) is 5.91 Å². The van der Waals surface area contributed by atoms with Gasteiger partial charge < -0.3 is 19.3 Å². The van der Waals surface area contributed by atoms with Crippen LogP contribution in [0.4, 0.5) is 0 Å². The van der Waals surface area contributed by atoms with Crippen LogP contribution in [-0.2, 0) is 16.1 Å². The number of alkyl halides is 1. The molecule has 1 heterocycles. The fraction of sp³-hybridized carbons (Fsp3) is 0.636. The molecule has 0 unspecified atom stereocenters. The summed E-state index contributed by atoms with van der Waals surface area (Å²) in [5.74, 6) is 0.736. The summed E-state index contributed by atoms with van der Waals surface area (Å²) in [5, 5.41) is 6.36. The number of ether oxygens (including phenoxy) is 2. The normalized spacial score (nSPS) is 10.6. The number of amides is 1. The number of halogens is 1. The standard InChI is InChI=1S/C11H17ClN2O4/c1-16-8-9-7-10(14-18-9)11(15)13-4-2-5-17-6-3-12/h7H,2-6,8H2,1H3,(H,13,15). The van der Waals surface area contributed by atoms with Gasteiger partial charge in [0.2, 0.25) is 0 Å². The summed E-state index contributed by atoms with van der Waals surface area (Å²) in [6.45, 7) is 1.92. The first kappa shape index (κ1) is 14.9. The van der Waals surface area contributed by atoms with Gasteiger partial charge in [-0.2, -0.15) is 0 Å². The smallest absolute Gasteiger partial charge is 0.273 e. The number of rotatable bonds is 9. The average molecular weight is 277 g/mol. The van der Waals surface area contributed by atoms with Crippen LogP contribution in [0.25, 0.3) is 0 Å². The van der Waals surface area contributed by atoms with E-state index in [1.165, 1.54) is 0 Å². The SMILES string of the molecule is COCc1cc(C(=O)NCCCOCCCl)no1. The van der Waals surface area contributed by atoms with Crippen LogP contribution in [0.15, 0.2) is 10.6 Å². The van der Waals surface area contributed by atoms with Crippen molar-refractivity contribution in [2.75, 3.05) is 32.7 Å². The molecule has 1 aromatic rings. The van der Waals surface area contributed by atoms with Crippen molar-refractivity contribution in [2.45, 2.75) is 13.0 Å². The molecule has 0 radical (unpaired) electrons. The first-order valence-electron chi connectivity index (χ1n) is 5.64. The van der Waals surface area contributed by atoms with Crippen molar-refractivity contribution in [3.05, 3.63) is 17.5 Å². The van der Waals surface area contributed by atoms with E-state index < -0.39 is 0 Å². The van der Waals surface area contributed by atoms with E-state index in [-0.39, 0.29) is 11.6 Å². The molecule has 0 bridgehead atoms. The van der Waals surface area contributed by atoms with Gasteiger partial charge in [0.05, 0.1) is 6.61 Å². The molecule has 1 N–H and O–H groups in total. The Hall–Kier alpha value is -1.11. The molecule has 7 heteroatoms. The van der Waals surface area contributed by atoms with Gasteiger partial charge in [-0.05, 0) is 6.42 Å². The maximum Gasteiger partial charge on any atom is 0.273 e. The first-order valence-corrected chi connectivity index (χ1v) is 6.17. The van der Waals surface area contributed by atoms with Crippen LogP contribution in [-0.4, -0.2) is 43.8 Å². The van der Waals surface area contributed by atoms with E-state index in [2.05, 4.69) is 10.5 Å². The van der Waals surface area contributed by atoms with E-state index in [4.69, 9.17) is 25.6 Å². The van der Waals surface area contributed by atoms with E-state index in [1.807, 2.05) is 0 Å². The molecule has 0 aromatic carbocycles. The minimum atomic E-state index is -0.265. The monoisotopic (exact) mass is 276 g/mol. The summed E-state index contributed by atoms with van der Waals surface area (Å²) in [4.78, 5) is 11.6. The Morgan fingerprint density at radius 1 is 1.56 bits per heavy atom. The van der Waals surface area contributed by atoms with Crippen LogP contribution in [0.3, 0.4) is 0 Å². The van der Waals surface area contributed by atoms with Crippen LogP contribution in [0.1, 0.15) is 22.7 Å². The maximum absolute atomic E-state index is 11.6. The van der Waals surface area contributed by atoms with Gasteiger partial charge in [-0.3, -0.25) is 4.79 Å². The fourth-order valence-corrected chi connectivity index (χ4v) is 1.36. The van der Waals surface area contributed by atoms with E-state index in [0.29, 0.717) is 38.0 Å². The lowest BCUT2D eigenvalue weighted by Crippen LogP contribution is -2.25. The van der Waals surface area contributed by atoms with E-state index >= 15 is 0 Å². The number of aromatic nitrogens is 1. The largest absolute Gasteiger partial charge is 0.380 e. The quantitative estimate of drug-likeness (QED) is 0.542. The second kappa shape index (κ2) is 8.91. The molecule has 0 fully saturated rings. The second-order valence-corrected chi connectivity index (χ2v) is 3.90. The third-order valence-electron chi connectivity index (χ3n) is 2.05. The highest BCUT2D eigenvalue weighted by atomic mass is 35.5. The third-order valence-corrected chi connectivity index (χ3v) is 2.20. The van der Waals surface area contributed by atoms with Crippen LogP contribution in [0.5, 0.6) is 0 Å². The zero-order chi connectivity index (χ0) is 13.2. The van der Waals surface area contributed by atoms with Gasteiger partial charge in [0.1, 0.15) is 6.61 Å². The van der Waals surface area contributed by atoms with Crippen molar-refractivity contribution >= 4 is 17.5 Å². The summed E-state index contributed by atoms with van der Waals surface area (Å²) < 4.78 is 14.9. The van der Waals surface area contributed by atoms with Gasteiger partial charge >= 0.3 is 0 Å². The number of hydrogen-bond acceptors (Lipinski definition) is 5. The zero-order valence-electron chi connectivity index (χ0n) is 10.3. The third kappa shape index (κ3) is 5.48. The molecule has 0 aliphatic carbocycles. The fourth-order valence-electron chi connectivity index (χ4n) is 1.25. The van der Waals surface area contributed by atoms with Gasteiger partial charge in [-0.1, -0.05) is 5.16 Å². The molecule has 0 atom stereocenters. The van der Waals surface area contributed by atoms with Crippen molar-refractivity contribution in [3.8, 4) is 0 Å². The highest BCUT2D eigenvalue weighted by Gasteiger charge is 2.11. The molecular formula is C11H17ClN2O4. The molecular weight excluding hydrogens is 260 g/mol.